The molecule has 0 aromatic heterocycles. The predicted octanol–water partition coefficient (Wildman–Crippen LogP) is 12.3. The van der Waals surface area contributed by atoms with Gasteiger partial charge in [0.15, 0.2) is 0 Å². The van der Waals surface area contributed by atoms with Gasteiger partial charge in [-0.15, -0.1) is 0 Å². The molecule has 0 heterocycles. The van der Waals surface area contributed by atoms with E-state index in [0.29, 0.717) is 0 Å². The summed E-state index contributed by atoms with van der Waals surface area (Å²) in [5, 5.41) is 35.8. The topological polar surface area (TPSA) is 102 Å². The summed E-state index contributed by atoms with van der Waals surface area (Å²) in [4.78, 5) is 5.47. The van der Waals surface area contributed by atoms with E-state index in [9.17, 15) is 0 Å². The third-order valence-corrected chi connectivity index (χ3v) is 24.3. The molecular weight excluding hydrogens is 1100 g/mol. The molecule has 0 saturated carbocycles. The van der Waals surface area contributed by atoms with Gasteiger partial charge in [0.1, 0.15) is 25.1 Å². The molecule has 382 valence electrons. The van der Waals surface area contributed by atoms with E-state index < -0.39 is 31.7 Å². The third kappa shape index (κ3) is 18.8. The van der Waals surface area contributed by atoms with E-state index in [4.69, 9.17) is 21.6 Å². The van der Waals surface area contributed by atoms with Gasteiger partial charge in [0.2, 0.25) is 0 Å². The molecule has 0 aliphatic heterocycles. The van der Waals surface area contributed by atoms with Crippen LogP contribution in [0.3, 0.4) is 0 Å². The maximum atomic E-state index is 6.00. The Labute approximate surface area is 476 Å². The van der Waals surface area contributed by atoms with Gasteiger partial charge in [-0.25, -0.2) is 9.80 Å². The van der Waals surface area contributed by atoms with Crippen LogP contribution in [-0.2, 0) is 34.2 Å². The fourth-order valence-electron chi connectivity index (χ4n) is 9.42. The van der Waals surface area contributed by atoms with Crippen molar-refractivity contribution in [1.29, 1.82) is 21.6 Å². The van der Waals surface area contributed by atoms with Crippen LogP contribution >= 0.6 is 31.7 Å². The molecule has 0 N–H and O–H groups in total. The second kappa shape index (κ2) is 34.2. The largest absolute Gasteiger partial charge is 0.233 e. The van der Waals surface area contributed by atoms with E-state index in [1.54, 1.807) is 0 Å². The molecule has 0 saturated heterocycles. The minimum Gasteiger partial charge on any atom is -0.233 e. The van der Waals surface area contributed by atoms with Crippen molar-refractivity contribution in [2.45, 2.75) is 13.1 Å². The molecule has 0 spiro atoms. The zero-order chi connectivity index (χ0) is 52.8. The van der Waals surface area contributed by atoms with Gasteiger partial charge in [0.05, 0.1) is 74.1 Å². The number of nitrogens with zero attached hydrogens (tertiary/aromatic N) is 6. The van der Waals surface area contributed by atoms with Crippen molar-refractivity contribution < 1.29 is 21.1 Å². The number of rotatable bonds is 20. The molecule has 6 nitrogen and oxygen atoms in total. The maximum Gasteiger partial charge on any atom is 0.122 e. The Bertz CT molecular complexity index is 2600. The van der Waals surface area contributed by atoms with Crippen molar-refractivity contribution in [3.63, 3.8) is 0 Å². The first-order valence-corrected chi connectivity index (χ1v) is 32.4. The minimum atomic E-state index is -0.983. The van der Waals surface area contributed by atoms with Crippen LogP contribution in [0.1, 0.15) is 11.1 Å². The summed E-state index contributed by atoms with van der Waals surface area (Å²) in [5.41, 5.74) is 2.75. The molecule has 0 aliphatic rings. The third-order valence-electron chi connectivity index (χ3n) is 13.0. The molecule has 0 unspecified atom stereocenters. The van der Waals surface area contributed by atoms with Crippen molar-refractivity contribution in [3.8, 4) is 0 Å². The fraction of sp³-hybridized carbons (Fsp3) is 0.0909. The first-order valence-electron chi connectivity index (χ1n) is 25.5. The van der Waals surface area contributed by atoms with Crippen LogP contribution in [0.2, 0.25) is 0 Å². The Hall–Kier alpha value is -6.63. The smallest absolute Gasteiger partial charge is 0.122 e. The number of hydrogen-bond acceptors (Lipinski definition) is 6. The minimum absolute atomic E-state index is 0. The van der Waals surface area contributed by atoms with Crippen molar-refractivity contribution >= 4 is 74.1 Å². The van der Waals surface area contributed by atoms with Gasteiger partial charge in [-0.2, -0.15) is 0 Å². The fourth-order valence-corrected chi connectivity index (χ4v) is 20.1. The zero-order valence-electron chi connectivity index (χ0n) is 43.2. The Morgan fingerprint density at radius 3 is 0.481 bits per heavy atom. The van der Waals surface area contributed by atoms with Crippen molar-refractivity contribution in [2.24, 2.45) is 0 Å². The van der Waals surface area contributed by atoms with Crippen LogP contribution in [0.5, 0.6) is 0 Å². The average Bonchev–Trinajstić information content (AvgIpc) is 3.52. The molecule has 0 amide bonds. The summed E-state index contributed by atoms with van der Waals surface area (Å²) in [6.07, 6.45) is 4.28. The van der Waals surface area contributed by atoms with Crippen molar-refractivity contribution in [3.05, 3.63) is 314 Å². The molecule has 0 aliphatic carbocycles. The number of benzene rings is 10. The Kier molecular flexibility index (Phi) is 26.5. The van der Waals surface area contributed by atoms with E-state index in [1.807, 2.05) is 0 Å². The Morgan fingerprint density at radius 2 is 0.338 bits per heavy atom. The summed E-state index contributed by atoms with van der Waals surface area (Å²) in [7, 11) is -3.93. The Morgan fingerprint density at radius 1 is 0.208 bits per heavy atom. The van der Waals surface area contributed by atoms with Crippen LogP contribution in [0.15, 0.2) is 303 Å². The van der Waals surface area contributed by atoms with Crippen LogP contribution in [0, 0.1) is 21.6 Å². The van der Waals surface area contributed by atoms with Gasteiger partial charge in [-0.3, -0.25) is 0 Å². The van der Waals surface area contributed by atoms with Gasteiger partial charge >= 0.3 is 0 Å². The summed E-state index contributed by atoms with van der Waals surface area (Å²) in [5.74, 6) is 0. The molecule has 77 heavy (non-hydrogen) atoms. The van der Waals surface area contributed by atoms with Crippen LogP contribution in [0.25, 0.3) is 0 Å². The van der Waals surface area contributed by atoms with E-state index in [-0.39, 0.29) is 21.1 Å². The van der Waals surface area contributed by atoms with Crippen LogP contribution in [0.4, 0.5) is 0 Å². The van der Waals surface area contributed by atoms with Crippen LogP contribution < -0.4 is 42.4 Å². The van der Waals surface area contributed by atoms with E-state index in [1.165, 1.54) is 53.6 Å². The summed E-state index contributed by atoms with van der Waals surface area (Å²) < 4.78 is 0. The molecule has 0 atom stereocenters. The molecule has 11 heteroatoms. The van der Waals surface area contributed by atoms with Crippen molar-refractivity contribution in [1.82, 2.24) is 9.80 Å². The summed E-state index contributed by atoms with van der Waals surface area (Å²) in [6.45, 7) is 1.92. The van der Waals surface area contributed by atoms with Crippen molar-refractivity contribution in [2.75, 3.05) is 25.1 Å². The monoisotopic (exact) mass is 1160 g/mol. The van der Waals surface area contributed by atoms with Gasteiger partial charge in [0, 0.05) is 55.7 Å². The summed E-state index contributed by atoms with van der Waals surface area (Å²) in [6, 6.07) is 111. The molecular formula is C66H66MoN6P4+4. The molecule has 10 aromatic rings. The van der Waals surface area contributed by atoms with Gasteiger partial charge < -0.3 is 0 Å². The molecule has 0 radical (unpaired) electrons. The SMILES string of the molecule is N#N.N#N.[Mo].c1ccc(CN(C[PH+](c2ccccc2)c2ccccc2)C[PH+](c2ccccc2)c2ccccc2)cc1.c1ccc(CN(C[PH+](c2ccccc2)c2ccccc2)C[PH+](c2ccccc2)c2ccccc2)cc1. The molecule has 0 bridgehead atoms. The van der Waals surface area contributed by atoms with Crippen LogP contribution in [-0.4, -0.2) is 34.9 Å². The average molecular weight is 1160 g/mol. The summed E-state index contributed by atoms with van der Waals surface area (Å²) >= 11 is 0. The number of hydrogen-bond donors (Lipinski definition) is 0. The maximum absolute atomic E-state index is 6.00. The molecule has 0 fully saturated rings. The first kappa shape index (κ1) is 59.6. The Balaban J connectivity index is 0.000000232. The second-order valence-corrected chi connectivity index (χ2v) is 27.8. The molecule has 10 aromatic carbocycles. The van der Waals surface area contributed by atoms with E-state index >= 15 is 0 Å². The van der Waals surface area contributed by atoms with E-state index in [2.05, 4.69) is 313 Å². The van der Waals surface area contributed by atoms with Gasteiger partial charge in [-0.1, -0.05) is 206 Å². The predicted molar refractivity (Wildman–Crippen MR) is 332 cm³/mol. The van der Waals surface area contributed by atoms with Gasteiger partial charge in [-0.05, 0) is 108 Å². The first-order chi connectivity index (χ1) is 37.7. The quantitative estimate of drug-likeness (QED) is 0.0428. The second-order valence-electron chi connectivity index (χ2n) is 18.1. The zero-order valence-corrected chi connectivity index (χ0v) is 49.2. The van der Waals surface area contributed by atoms with E-state index in [0.717, 1.165) is 38.2 Å². The standard InChI is InChI=1S/2C33H31NP2.Mo.2N2/c2*1-6-16-29(17-7-1)26-34(27-35(30-18-8-2-9-19-30)31-20-10-3-11-21-31)28-36(32-22-12-4-13-23-32)33-24-14-5-15-25-33;;2*1-2/h2*1-25H,26-28H2;;;/p+4. The molecule has 10 rings (SSSR count). The normalized spacial score (nSPS) is 10.6. The van der Waals surface area contributed by atoms with Gasteiger partial charge in [0.25, 0.3) is 0 Å².